The monoisotopic (exact) mass is 307 g/mol. The number of aryl methyl sites for hydroxylation is 1. The van der Waals surface area contributed by atoms with Gasteiger partial charge in [0.25, 0.3) is 0 Å². The maximum atomic E-state index is 11.9. The SMILES string of the molecule is CC=CCC(CO)NC(=O)CCc1cc(OC)cc(OC)c1. The second-order valence-electron chi connectivity index (χ2n) is 4.97. The summed E-state index contributed by atoms with van der Waals surface area (Å²) in [5, 5.41) is 12.1. The van der Waals surface area contributed by atoms with Crippen molar-refractivity contribution in [1.29, 1.82) is 0 Å². The number of benzene rings is 1. The van der Waals surface area contributed by atoms with Gasteiger partial charge in [0, 0.05) is 12.5 Å². The Morgan fingerprint density at radius 2 is 1.91 bits per heavy atom. The number of aliphatic hydroxyl groups excluding tert-OH is 1. The average molecular weight is 307 g/mol. The zero-order chi connectivity index (χ0) is 16.4. The van der Waals surface area contributed by atoms with Gasteiger partial charge in [0.2, 0.25) is 5.91 Å². The lowest BCUT2D eigenvalue weighted by atomic mass is 10.1. The van der Waals surface area contributed by atoms with E-state index in [2.05, 4.69) is 5.32 Å². The predicted octanol–water partition coefficient (Wildman–Crippen LogP) is 2.08. The molecule has 1 aromatic carbocycles. The third-order valence-corrected chi connectivity index (χ3v) is 3.29. The van der Waals surface area contributed by atoms with Crippen LogP contribution < -0.4 is 14.8 Å². The molecule has 22 heavy (non-hydrogen) atoms. The Kier molecular flexibility index (Phi) is 8.07. The van der Waals surface area contributed by atoms with E-state index >= 15 is 0 Å². The number of carbonyl (C=O) groups is 1. The Labute approximate surface area is 131 Å². The molecule has 0 saturated heterocycles. The fourth-order valence-electron chi connectivity index (χ4n) is 2.05. The molecule has 1 aromatic rings. The van der Waals surface area contributed by atoms with E-state index < -0.39 is 0 Å². The number of amides is 1. The van der Waals surface area contributed by atoms with Crippen LogP contribution in [0.25, 0.3) is 0 Å². The topological polar surface area (TPSA) is 67.8 Å². The second-order valence-corrected chi connectivity index (χ2v) is 4.97. The largest absolute Gasteiger partial charge is 0.497 e. The molecule has 1 atom stereocenters. The highest BCUT2D eigenvalue weighted by Crippen LogP contribution is 2.23. The van der Waals surface area contributed by atoms with Crippen LogP contribution in [0.1, 0.15) is 25.3 Å². The van der Waals surface area contributed by atoms with Crippen molar-refractivity contribution >= 4 is 5.91 Å². The third kappa shape index (κ3) is 6.18. The average Bonchev–Trinajstić information content (AvgIpc) is 2.56. The summed E-state index contributed by atoms with van der Waals surface area (Å²) in [7, 11) is 3.19. The Morgan fingerprint density at radius 1 is 1.27 bits per heavy atom. The minimum Gasteiger partial charge on any atom is -0.497 e. The van der Waals surface area contributed by atoms with Gasteiger partial charge in [-0.25, -0.2) is 0 Å². The van der Waals surface area contributed by atoms with E-state index in [9.17, 15) is 9.90 Å². The molecule has 0 aromatic heterocycles. The Bertz CT molecular complexity index is 477. The molecule has 0 spiro atoms. The molecule has 1 rings (SSSR count). The summed E-state index contributed by atoms with van der Waals surface area (Å²) in [5.41, 5.74) is 0.973. The van der Waals surface area contributed by atoms with Crippen LogP contribution in [-0.4, -0.2) is 37.9 Å². The quantitative estimate of drug-likeness (QED) is 0.685. The Hall–Kier alpha value is -2.01. The number of hydrogen-bond acceptors (Lipinski definition) is 4. The van der Waals surface area contributed by atoms with Crippen LogP contribution in [0.4, 0.5) is 0 Å². The van der Waals surface area contributed by atoms with Crippen LogP contribution in [-0.2, 0) is 11.2 Å². The summed E-state index contributed by atoms with van der Waals surface area (Å²) in [6.45, 7) is 1.84. The standard InChI is InChI=1S/C17H25NO4/c1-4-5-6-14(12-19)18-17(20)8-7-13-9-15(21-2)11-16(10-13)22-3/h4-5,9-11,14,19H,6-8,12H2,1-3H3,(H,18,20). The molecule has 0 fully saturated rings. The van der Waals surface area contributed by atoms with E-state index in [-0.39, 0.29) is 18.6 Å². The van der Waals surface area contributed by atoms with Crippen LogP contribution in [0.2, 0.25) is 0 Å². The van der Waals surface area contributed by atoms with E-state index in [0.29, 0.717) is 30.8 Å². The first-order chi connectivity index (χ1) is 10.6. The van der Waals surface area contributed by atoms with Gasteiger partial charge in [0.1, 0.15) is 11.5 Å². The molecule has 0 aliphatic rings. The van der Waals surface area contributed by atoms with Crippen molar-refractivity contribution < 1.29 is 19.4 Å². The van der Waals surface area contributed by atoms with E-state index in [1.807, 2.05) is 31.2 Å². The van der Waals surface area contributed by atoms with Gasteiger partial charge in [-0.15, -0.1) is 0 Å². The molecule has 2 N–H and O–H groups in total. The van der Waals surface area contributed by atoms with Gasteiger partial charge >= 0.3 is 0 Å². The lowest BCUT2D eigenvalue weighted by Crippen LogP contribution is -2.37. The summed E-state index contributed by atoms with van der Waals surface area (Å²) in [5.74, 6) is 1.33. The predicted molar refractivity (Wildman–Crippen MR) is 86.3 cm³/mol. The molecule has 0 heterocycles. The number of carbonyl (C=O) groups excluding carboxylic acids is 1. The minimum absolute atomic E-state index is 0.0664. The number of methoxy groups -OCH3 is 2. The molecule has 122 valence electrons. The molecule has 1 unspecified atom stereocenters. The van der Waals surface area contributed by atoms with Gasteiger partial charge in [0.15, 0.2) is 0 Å². The number of rotatable bonds is 9. The first kappa shape index (κ1) is 18.0. The lowest BCUT2D eigenvalue weighted by molar-refractivity contribution is -0.122. The highest BCUT2D eigenvalue weighted by Gasteiger charge is 2.10. The highest BCUT2D eigenvalue weighted by atomic mass is 16.5. The molecule has 0 saturated carbocycles. The van der Waals surface area contributed by atoms with Gasteiger partial charge in [-0.3, -0.25) is 4.79 Å². The van der Waals surface area contributed by atoms with Crippen LogP contribution in [0, 0.1) is 0 Å². The third-order valence-electron chi connectivity index (χ3n) is 3.29. The number of nitrogens with one attached hydrogen (secondary N) is 1. The molecule has 0 aliphatic carbocycles. The van der Waals surface area contributed by atoms with Crippen LogP contribution in [0.15, 0.2) is 30.4 Å². The Balaban J connectivity index is 2.56. The van der Waals surface area contributed by atoms with E-state index in [0.717, 1.165) is 5.56 Å². The van der Waals surface area contributed by atoms with Crippen molar-refractivity contribution in [3.05, 3.63) is 35.9 Å². The number of allylic oxidation sites excluding steroid dienone is 1. The maximum absolute atomic E-state index is 11.9. The maximum Gasteiger partial charge on any atom is 0.220 e. The summed E-state index contributed by atoms with van der Waals surface area (Å²) >= 11 is 0. The van der Waals surface area contributed by atoms with Gasteiger partial charge in [-0.05, 0) is 37.5 Å². The minimum atomic E-state index is -0.233. The molecule has 1 amide bonds. The summed E-state index contributed by atoms with van der Waals surface area (Å²) < 4.78 is 10.4. The molecule has 5 heteroatoms. The zero-order valence-electron chi connectivity index (χ0n) is 13.5. The summed E-state index contributed by atoms with van der Waals surface area (Å²) in [6, 6.07) is 5.34. The van der Waals surface area contributed by atoms with E-state index in [1.165, 1.54) is 0 Å². The first-order valence-electron chi connectivity index (χ1n) is 7.36. The van der Waals surface area contributed by atoms with Crippen LogP contribution in [0.3, 0.4) is 0 Å². The summed E-state index contributed by atoms with van der Waals surface area (Å²) in [4.78, 5) is 11.9. The molecule has 5 nitrogen and oxygen atoms in total. The fourth-order valence-corrected chi connectivity index (χ4v) is 2.05. The van der Waals surface area contributed by atoms with Gasteiger partial charge in [0.05, 0.1) is 26.9 Å². The normalized spacial score (nSPS) is 12.2. The van der Waals surface area contributed by atoms with Crippen molar-refractivity contribution in [2.75, 3.05) is 20.8 Å². The second kappa shape index (κ2) is 9.84. The Morgan fingerprint density at radius 3 is 2.41 bits per heavy atom. The van der Waals surface area contributed by atoms with Gasteiger partial charge < -0.3 is 19.9 Å². The van der Waals surface area contributed by atoms with E-state index in [4.69, 9.17) is 9.47 Å². The smallest absolute Gasteiger partial charge is 0.220 e. The molecular formula is C17H25NO4. The van der Waals surface area contributed by atoms with Crippen molar-refractivity contribution in [3.8, 4) is 11.5 Å². The highest BCUT2D eigenvalue weighted by molar-refractivity contribution is 5.76. The molecular weight excluding hydrogens is 282 g/mol. The molecule has 0 bridgehead atoms. The van der Waals surface area contributed by atoms with Crippen molar-refractivity contribution in [1.82, 2.24) is 5.32 Å². The number of ether oxygens (including phenoxy) is 2. The van der Waals surface area contributed by atoms with Gasteiger partial charge in [-0.1, -0.05) is 12.2 Å². The van der Waals surface area contributed by atoms with Crippen molar-refractivity contribution in [3.63, 3.8) is 0 Å². The van der Waals surface area contributed by atoms with E-state index in [1.54, 1.807) is 20.3 Å². The molecule has 0 aliphatic heterocycles. The number of hydrogen-bond donors (Lipinski definition) is 2. The van der Waals surface area contributed by atoms with Crippen LogP contribution >= 0.6 is 0 Å². The van der Waals surface area contributed by atoms with Crippen molar-refractivity contribution in [2.45, 2.75) is 32.2 Å². The lowest BCUT2D eigenvalue weighted by Gasteiger charge is -2.14. The fraction of sp³-hybridized carbons (Fsp3) is 0.471. The van der Waals surface area contributed by atoms with Crippen molar-refractivity contribution in [2.24, 2.45) is 0 Å². The first-order valence-corrected chi connectivity index (χ1v) is 7.36. The molecule has 0 radical (unpaired) electrons. The summed E-state index contributed by atoms with van der Waals surface area (Å²) in [6.07, 6.45) is 5.39. The number of aliphatic hydroxyl groups is 1. The van der Waals surface area contributed by atoms with Gasteiger partial charge in [-0.2, -0.15) is 0 Å². The zero-order valence-corrected chi connectivity index (χ0v) is 13.5. The van der Waals surface area contributed by atoms with Crippen LogP contribution in [0.5, 0.6) is 11.5 Å².